The van der Waals surface area contributed by atoms with Crippen LogP contribution in [-0.2, 0) is 9.84 Å². The quantitative estimate of drug-likeness (QED) is 0.845. The highest BCUT2D eigenvalue weighted by molar-refractivity contribution is 7.93. The lowest BCUT2D eigenvalue weighted by atomic mass is 10.2. The number of aliphatic hydroxyl groups excluding tert-OH is 1. The minimum atomic E-state index is -3.34. The van der Waals surface area contributed by atoms with Crippen molar-refractivity contribution in [2.75, 3.05) is 6.61 Å². The van der Waals surface area contributed by atoms with Crippen molar-refractivity contribution in [2.24, 2.45) is 0 Å². The van der Waals surface area contributed by atoms with Crippen molar-refractivity contribution in [2.45, 2.75) is 29.4 Å². The lowest BCUT2D eigenvalue weighted by Crippen LogP contribution is -2.27. The molecular weight excluding hydrogens is 212 g/mol. The maximum atomic E-state index is 12.1. The molecule has 3 nitrogen and oxygen atoms in total. The van der Waals surface area contributed by atoms with E-state index in [2.05, 4.69) is 0 Å². The molecule has 0 amide bonds. The summed E-state index contributed by atoms with van der Waals surface area (Å²) in [4.78, 5) is 0.319. The number of aliphatic hydroxyl groups is 1. The van der Waals surface area contributed by atoms with Gasteiger partial charge in [-0.1, -0.05) is 17.7 Å². The Labute approximate surface area is 89.7 Å². The van der Waals surface area contributed by atoms with Gasteiger partial charge in [0.05, 0.1) is 16.2 Å². The van der Waals surface area contributed by atoms with Gasteiger partial charge >= 0.3 is 0 Å². The molecule has 1 aliphatic carbocycles. The molecule has 2 rings (SSSR count). The monoisotopic (exact) mass is 226 g/mol. The molecule has 0 spiro atoms. The first kappa shape index (κ1) is 10.6. The van der Waals surface area contributed by atoms with Crippen LogP contribution in [0.4, 0.5) is 0 Å². The maximum Gasteiger partial charge on any atom is 0.186 e. The Kier molecular flexibility index (Phi) is 2.35. The Morgan fingerprint density at radius 3 is 2.20 bits per heavy atom. The third-order valence-electron chi connectivity index (χ3n) is 3.00. The molecule has 0 bridgehead atoms. The van der Waals surface area contributed by atoms with Crippen LogP contribution < -0.4 is 0 Å². The van der Waals surface area contributed by atoms with Crippen LogP contribution in [0.1, 0.15) is 18.4 Å². The van der Waals surface area contributed by atoms with Crippen molar-refractivity contribution >= 4 is 9.84 Å². The Hall–Kier alpha value is -0.870. The molecule has 0 atom stereocenters. The molecule has 1 N–H and O–H groups in total. The summed E-state index contributed by atoms with van der Waals surface area (Å²) in [5.41, 5.74) is 1.03. The molecule has 0 aliphatic heterocycles. The number of sulfone groups is 1. The van der Waals surface area contributed by atoms with E-state index in [0.29, 0.717) is 17.7 Å². The number of hydrogen-bond donors (Lipinski definition) is 1. The summed E-state index contributed by atoms with van der Waals surface area (Å²) in [5, 5.41) is 9.13. The van der Waals surface area contributed by atoms with Crippen molar-refractivity contribution in [1.82, 2.24) is 0 Å². The van der Waals surface area contributed by atoms with Gasteiger partial charge in [-0.25, -0.2) is 8.42 Å². The van der Waals surface area contributed by atoms with Gasteiger partial charge in [-0.3, -0.25) is 0 Å². The molecule has 15 heavy (non-hydrogen) atoms. The van der Waals surface area contributed by atoms with Crippen molar-refractivity contribution in [3.05, 3.63) is 29.8 Å². The van der Waals surface area contributed by atoms with Gasteiger partial charge in [0, 0.05) is 0 Å². The van der Waals surface area contributed by atoms with Crippen molar-refractivity contribution in [3.8, 4) is 0 Å². The maximum absolute atomic E-state index is 12.1. The number of aryl methyl sites for hydroxylation is 1. The highest BCUT2D eigenvalue weighted by atomic mass is 32.2. The van der Waals surface area contributed by atoms with Crippen molar-refractivity contribution in [1.29, 1.82) is 0 Å². The minimum Gasteiger partial charge on any atom is -0.395 e. The first-order valence-corrected chi connectivity index (χ1v) is 6.42. The number of rotatable bonds is 3. The van der Waals surface area contributed by atoms with Crippen LogP contribution in [0.15, 0.2) is 29.2 Å². The van der Waals surface area contributed by atoms with Gasteiger partial charge in [0.2, 0.25) is 0 Å². The molecule has 0 radical (unpaired) electrons. The summed E-state index contributed by atoms with van der Waals surface area (Å²) in [6.07, 6.45) is 1.14. The van der Waals surface area contributed by atoms with Gasteiger partial charge in [0.15, 0.2) is 9.84 Å². The molecular formula is C11H14O3S. The molecule has 0 unspecified atom stereocenters. The molecule has 1 fully saturated rings. The number of hydrogen-bond acceptors (Lipinski definition) is 3. The van der Waals surface area contributed by atoms with E-state index in [1.807, 2.05) is 6.92 Å². The molecule has 0 aromatic heterocycles. The minimum absolute atomic E-state index is 0.275. The Morgan fingerprint density at radius 2 is 1.80 bits per heavy atom. The summed E-state index contributed by atoms with van der Waals surface area (Å²) in [7, 11) is -3.34. The smallest absolute Gasteiger partial charge is 0.186 e. The first-order chi connectivity index (χ1) is 7.02. The predicted molar refractivity (Wildman–Crippen MR) is 57.4 cm³/mol. The average molecular weight is 226 g/mol. The third-order valence-corrected chi connectivity index (χ3v) is 5.57. The van der Waals surface area contributed by atoms with E-state index in [0.717, 1.165) is 5.56 Å². The summed E-state index contributed by atoms with van der Waals surface area (Å²) < 4.78 is 23.3. The predicted octanol–water partition coefficient (Wildman–Crippen LogP) is 1.29. The van der Waals surface area contributed by atoms with E-state index >= 15 is 0 Å². The second-order valence-corrected chi connectivity index (χ2v) is 6.50. The van der Waals surface area contributed by atoms with E-state index in [-0.39, 0.29) is 6.61 Å². The van der Waals surface area contributed by atoms with E-state index < -0.39 is 14.6 Å². The first-order valence-electron chi connectivity index (χ1n) is 4.94. The summed E-state index contributed by atoms with van der Waals surface area (Å²) in [6, 6.07) is 6.78. The van der Waals surface area contributed by atoms with Crippen LogP contribution in [-0.4, -0.2) is 24.9 Å². The highest BCUT2D eigenvalue weighted by Gasteiger charge is 2.54. The third kappa shape index (κ3) is 1.58. The fraction of sp³-hybridized carbons (Fsp3) is 0.455. The van der Waals surface area contributed by atoms with Crippen LogP contribution in [0.2, 0.25) is 0 Å². The standard InChI is InChI=1S/C11H14O3S/c1-9-2-4-10(5-3-9)15(13,14)11(8-12)6-7-11/h2-5,12H,6-8H2,1H3. The fourth-order valence-electron chi connectivity index (χ4n) is 1.62. The van der Waals surface area contributed by atoms with Crippen molar-refractivity contribution < 1.29 is 13.5 Å². The molecule has 4 heteroatoms. The van der Waals surface area contributed by atoms with Gasteiger partial charge in [-0.15, -0.1) is 0 Å². The average Bonchev–Trinajstić information content (AvgIpc) is 2.99. The van der Waals surface area contributed by atoms with Crippen LogP contribution in [0, 0.1) is 6.92 Å². The Bertz CT molecular complexity index is 455. The van der Waals surface area contributed by atoms with E-state index in [1.165, 1.54) is 0 Å². The Balaban J connectivity index is 2.43. The normalized spacial score (nSPS) is 18.8. The SMILES string of the molecule is Cc1ccc(S(=O)(=O)C2(CO)CC2)cc1. The second-order valence-electron chi connectivity index (χ2n) is 4.16. The zero-order valence-corrected chi connectivity index (χ0v) is 9.42. The molecule has 1 aliphatic rings. The van der Waals surface area contributed by atoms with Gasteiger partial charge in [-0.2, -0.15) is 0 Å². The zero-order chi connectivity index (χ0) is 11.1. The zero-order valence-electron chi connectivity index (χ0n) is 8.60. The van der Waals surface area contributed by atoms with Crippen LogP contribution in [0.5, 0.6) is 0 Å². The molecule has 1 aromatic rings. The van der Waals surface area contributed by atoms with Crippen LogP contribution in [0.25, 0.3) is 0 Å². The number of benzene rings is 1. The molecule has 0 heterocycles. The van der Waals surface area contributed by atoms with Gasteiger partial charge in [0.25, 0.3) is 0 Å². The van der Waals surface area contributed by atoms with E-state index in [4.69, 9.17) is 5.11 Å². The van der Waals surface area contributed by atoms with Crippen molar-refractivity contribution in [3.63, 3.8) is 0 Å². The largest absolute Gasteiger partial charge is 0.395 e. The summed E-state index contributed by atoms with van der Waals surface area (Å²) >= 11 is 0. The molecule has 1 saturated carbocycles. The summed E-state index contributed by atoms with van der Waals surface area (Å²) in [6.45, 7) is 1.64. The Morgan fingerprint density at radius 1 is 1.27 bits per heavy atom. The second kappa shape index (κ2) is 3.32. The van der Waals surface area contributed by atoms with Crippen LogP contribution in [0.3, 0.4) is 0 Å². The van der Waals surface area contributed by atoms with Crippen LogP contribution >= 0.6 is 0 Å². The molecule has 0 saturated heterocycles. The lowest BCUT2D eigenvalue weighted by molar-refractivity contribution is 0.283. The van der Waals surface area contributed by atoms with E-state index in [9.17, 15) is 8.42 Å². The molecule has 1 aromatic carbocycles. The summed E-state index contributed by atoms with van der Waals surface area (Å²) in [5.74, 6) is 0. The highest BCUT2D eigenvalue weighted by Crippen LogP contribution is 2.46. The lowest BCUT2D eigenvalue weighted by Gasteiger charge is -2.13. The molecule has 82 valence electrons. The van der Waals surface area contributed by atoms with Gasteiger partial charge in [-0.05, 0) is 31.9 Å². The fourth-order valence-corrected chi connectivity index (χ4v) is 3.42. The topological polar surface area (TPSA) is 54.4 Å². The van der Waals surface area contributed by atoms with E-state index in [1.54, 1.807) is 24.3 Å². The van der Waals surface area contributed by atoms with Gasteiger partial charge in [0.1, 0.15) is 0 Å². The van der Waals surface area contributed by atoms with Gasteiger partial charge < -0.3 is 5.11 Å².